The van der Waals surface area contributed by atoms with Crippen molar-refractivity contribution in [2.45, 2.75) is 13.1 Å². The lowest BCUT2D eigenvalue weighted by atomic mass is 10.2. The predicted molar refractivity (Wildman–Crippen MR) is 64.4 cm³/mol. The summed E-state index contributed by atoms with van der Waals surface area (Å²) in [5, 5.41) is 9.63. The number of hydrogen-bond acceptors (Lipinski definition) is 2. The van der Waals surface area contributed by atoms with Crippen molar-refractivity contribution < 1.29 is 23.0 Å². The molecule has 0 heterocycles. The van der Waals surface area contributed by atoms with Gasteiger partial charge in [0.25, 0.3) is 0 Å². The van der Waals surface area contributed by atoms with Gasteiger partial charge in [-0.2, -0.15) is 13.2 Å². The number of aromatic hydroxyl groups is 1. The zero-order valence-corrected chi connectivity index (χ0v) is 10.0. The van der Waals surface area contributed by atoms with E-state index in [1.54, 1.807) is 19.1 Å². The number of hydrogen-bond donors (Lipinski definition) is 1. The third-order valence-electron chi connectivity index (χ3n) is 2.59. The molecule has 2 aromatic rings. The lowest BCUT2D eigenvalue weighted by Gasteiger charge is -2.11. The maximum absolute atomic E-state index is 12.4. The number of phenolic OH excluding ortho intramolecular Hbond substituents is 1. The van der Waals surface area contributed by atoms with Crippen molar-refractivity contribution in [1.29, 1.82) is 0 Å². The van der Waals surface area contributed by atoms with E-state index < -0.39 is 11.7 Å². The van der Waals surface area contributed by atoms with Crippen LogP contribution >= 0.6 is 0 Å². The van der Waals surface area contributed by atoms with E-state index in [-0.39, 0.29) is 17.2 Å². The molecule has 0 aliphatic heterocycles. The summed E-state index contributed by atoms with van der Waals surface area (Å²) in [5.74, 6) is 0.416. The molecule has 0 saturated carbocycles. The molecule has 0 amide bonds. The van der Waals surface area contributed by atoms with E-state index in [2.05, 4.69) is 0 Å². The third-order valence-corrected chi connectivity index (χ3v) is 2.59. The second-order valence-electron chi connectivity index (χ2n) is 4.05. The molecule has 0 aromatic heterocycles. The molecule has 2 rings (SSSR count). The van der Waals surface area contributed by atoms with Crippen molar-refractivity contribution in [2.75, 3.05) is 0 Å². The van der Waals surface area contributed by atoms with Crippen molar-refractivity contribution in [3.63, 3.8) is 0 Å². The van der Waals surface area contributed by atoms with Gasteiger partial charge in [0.1, 0.15) is 5.75 Å². The molecule has 0 atom stereocenters. The van der Waals surface area contributed by atoms with Gasteiger partial charge in [0.2, 0.25) is 0 Å². The van der Waals surface area contributed by atoms with Gasteiger partial charge in [-0.3, -0.25) is 0 Å². The molecule has 0 aliphatic carbocycles. The van der Waals surface area contributed by atoms with Crippen molar-refractivity contribution in [1.82, 2.24) is 0 Å². The summed E-state index contributed by atoms with van der Waals surface area (Å²) < 4.78 is 42.6. The van der Waals surface area contributed by atoms with Gasteiger partial charge < -0.3 is 9.84 Å². The standard InChI is InChI=1S/C14H11F3O2/c1-9-3-2-4-12(18)13(9)19-11-7-5-10(6-8-11)14(15,16)17/h2-8,18H,1H3. The summed E-state index contributed by atoms with van der Waals surface area (Å²) in [6, 6.07) is 9.15. The highest BCUT2D eigenvalue weighted by Crippen LogP contribution is 2.35. The molecule has 0 fully saturated rings. The van der Waals surface area contributed by atoms with E-state index >= 15 is 0 Å². The molecule has 100 valence electrons. The van der Waals surface area contributed by atoms with Crippen LogP contribution in [0.15, 0.2) is 42.5 Å². The summed E-state index contributed by atoms with van der Waals surface area (Å²) in [7, 11) is 0. The zero-order chi connectivity index (χ0) is 14.0. The van der Waals surface area contributed by atoms with E-state index in [1.165, 1.54) is 18.2 Å². The highest BCUT2D eigenvalue weighted by Gasteiger charge is 2.30. The van der Waals surface area contributed by atoms with Gasteiger partial charge in [-0.1, -0.05) is 12.1 Å². The van der Waals surface area contributed by atoms with Gasteiger partial charge in [0.15, 0.2) is 11.5 Å². The first-order chi connectivity index (χ1) is 8.88. The topological polar surface area (TPSA) is 29.5 Å². The Kier molecular flexibility index (Phi) is 3.38. The molecule has 0 bridgehead atoms. The second kappa shape index (κ2) is 4.84. The average Bonchev–Trinajstić information content (AvgIpc) is 2.33. The van der Waals surface area contributed by atoms with Gasteiger partial charge in [-0.25, -0.2) is 0 Å². The molecule has 0 unspecified atom stereocenters. The maximum atomic E-state index is 12.4. The van der Waals surface area contributed by atoms with Crippen molar-refractivity contribution in [3.8, 4) is 17.2 Å². The quantitative estimate of drug-likeness (QED) is 0.868. The Morgan fingerprint density at radius 3 is 2.16 bits per heavy atom. The van der Waals surface area contributed by atoms with Gasteiger partial charge in [0.05, 0.1) is 5.56 Å². The zero-order valence-electron chi connectivity index (χ0n) is 10.0. The minimum Gasteiger partial charge on any atom is -0.504 e. The van der Waals surface area contributed by atoms with Gasteiger partial charge in [-0.05, 0) is 42.8 Å². The Labute approximate surface area is 108 Å². The molecule has 2 aromatic carbocycles. The number of ether oxygens (including phenoxy) is 1. The number of alkyl halides is 3. The van der Waals surface area contributed by atoms with E-state index in [0.29, 0.717) is 5.56 Å². The van der Waals surface area contributed by atoms with Crippen LogP contribution in [-0.4, -0.2) is 5.11 Å². The Balaban J connectivity index is 2.25. The number of benzene rings is 2. The minimum atomic E-state index is -4.37. The molecule has 0 aliphatic rings. The summed E-state index contributed by atoms with van der Waals surface area (Å²) >= 11 is 0. The number of para-hydroxylation sites is 1. The number of phenols is 1. The maximum Gasteiger partial charge on any atom is 0.416 e. The molecule has 0 spiro atoms. The number of halogens is 3. The van der Waals surface area contributed by atoms with Crippen LogP contribution in [0.5, 0.6) is 17.2 Å². The minimum absolute atomic E-state index is 0.0557. The Morgan fingerprint density at radius 1 is 1.00 bits per heavy atom. The van der Waals surface area contributed by atoms with Crippen LogP contribution in [0.25, 0.3) is 0 Å². The van der Waals surface area contributed by atoms with E-state index in [4.69, 9.17) is 4.74 Å². The fraction of sp³-hybridized carbons (Fsp3) is 0.143. The van der Waals surface area contributed by atoms with Crippen LogP contribution < -0.4 is 4.74 Å². The number of aryl methyl sites for hydroxylation is 1. The van der Waals surface area contributed by atoms with E-state index in [9.17, 15) is 18.3 Å². The summed E-state index contributed by atoms with van der Waals surface area (Å²) in [6.07, 6.45) is -4.37. The van der Waals surface area contributed by atoms with Crippen LogP contribution in [0.3, 0.4) is 0 Å². The SMILES string of the molecule is Cc1cccc(O)c1Oc1ccc(C(F)(F)F)cc1. The molecule has 0 saturated heterocycles. The smallest absolute Gasteiger partial charge is 0.416 e. The molecular formula is C14H11F3O2. The fourth-order valence-corrected chi connectivity index (χ4v) is 1.60. The van der Waals surface area contributed by atoms with Crippen LogP contribution in [0.1, 0.15) is 11.1 Å². The van der Waals surface area contributed by atoms with E-state index in [0.717, 1.165) is 12.1 Å². The molecule has 0 radical (unpaired) electrons. The van der Waals surface area contributed by atoms with Gasteiger partial charge in [-0.15, -0.1) is 0 Å². The highest BCUT2D eigenvalue weighted by molar-refractivity contribution is 5.47. The molecule has 19 heavy (non-hydrogen) atoms. The highest BCUT2D eigenvalue weighted by atomic mass is 19.4. The van der Waals surface area contributed by atoms with Gasteiger partial charge in [0, 0.05) is 0 Å². The lowest BCUT2D eigenvalue weighted by Crippen LogP contribution is -2.04. The first-order valence-corrected chi connectivity index (χ1v) is 5.51. The molecular weight excluding hydrogens is 257 g/mol. The first kappa shape index (κ1) is 13.3. The fourth-order valence-electron chi connectivity index (χ4n) is 1.60. The van der Waals surface area contributed by atoms with Crippen molar-refractivity contribution in [2.24, 2.45) is 0 Å². The van der Waals surface area contributed by atoms with Crippen LogP contribution in [0, 0.1) is 6.92 Å². The molecule has 5 heteroatoms. The van der Waals surface area contributed by atoms with Crippen molar-refractivity contribution in [3.05, 3.63) is 53.6 Å². The van der Waals surface area contributed by atoms with E-state index in [1.807, 2.05) is 0 Å². The van der Waals surface area contributed by atoms with Gasteiger partial charge >= 0.3 is 6.18 Å². The van der Waals surface area contributed by atoms with Crippen LogP contribution in [-0.2, 0) is 6.18 Å². The summed E-state index contributed by atoms with van der Waals surface area (Å²) in [4.78, 5) is 0. The Hall–Kier alpha value is -2.17. The predicted octanol–water partition coefficient (Wildman–Crippen LogP) is 4.51. The average molecular weight is 268 g/mol. The third kappa shape index (κ3) is 2.99. The Morgan fingerprint density at radius 2 is 1.63 bits per heavy atom. The summed E-state index contributed by atoms with van der Waals surface area (Å²) in [6.45, 7) is 1.74. The number of rotatable bonds is 2. The molecule has 2 nitrogen and oxygen atoms in total. The van der Waals surface area contributed by atoms with Crippen LogP contribution in [0.2, 0.25) is 0 Å². The molecule has 1 N–H and O–H groups in total. The van der Waals surface area contributed by atoms with Crippen LogP contribution in [0.4, 0.5) is 13.2 Å². The normalized spacial score (nSPS) is 11.4. The largest absolute Gasteiger partial charge is 0.504 e. The first-order valence-electron chi connectivity index (χ1n) is 5.51. The second-order valence-corrected chi connectivity index (χ2v) is 4.05. The Bertz CT molecular complexity index is 554. The lowest BCUT2D eigenvalue weighted by molar-refractivity contribution is -0.137. The van der Waals surface area contributed by atoms with Crippen molar-refractivity contribution >= 4 is 0 Å². The monoisotopic (exact) mass is 268 g/mol. The summed E-state index contributed by atoms with van der Waals surface area (Å²) in [5.41, 5.74) is -0.0475.